The molecule has 88 valence electrons. The Bertz CT molecular complexity index is 376. The Hall–Kier alpha value is -0.740. The molecular formula is C12H16BrNO2. The predicted molar refractivity (Wildman–Crippen MR) is 67.1 cm³/mol. The molecule has 1 aliphatic rings. The summed E-state index contributed by atoms with van der Waals surface area (Å²) in [5, 5.41) is 13.3. The van der Waals surface area contributed by atoms with Gasteiger partial charge in [-0.3, -0.25) is 0 Å². The molecule has 0 radical (unpaired) electrons. The highest BCUT2D eigenvalue weighted by atomic mass is 79.9. The third-order valence-electron chi connectivity index (χ3n) is 3.01. The van der Waals surface area contributed by atoms with Gasteiger partial charge in [0.25, 0.3) is 0 Å². The monoisotopic (exact) mass is 285 g/mol. The fourth-order valence-electron chi connectivity index (χ4n) is 2.11. The maximum absolute atomic E-state index is 9.86. The van der Waals surface area contributed by atoms with Crippen LogP contribution in [0.2, 0.25) is 0 Å². The zero-order valence-electron chi connectivity index (χ0n) is 9.29. The van der Waals surface area contributed by atoms with E-state index >= 15 is 0 Å². The highest BCUT2D eigenvalue weighted by Gasteiger charge is 2.18. The van der Waals surface area contributed by atoms with E-state index in [0.29, 0.717) is 11.8 Å². The van der Waals surface area contributed by atoms with Crippen LogP contribution in [0, 0.1) is 0 Å². The molecule has 3 nitrogen and oxygen atoms in total. The van der Waals surface area contributed by atoms with E-state index in [2.05, 4.69) is 21.2 Å². The minimum absolute atomic E-state index is 0.193. The van der Waals surface area contributed by atoms with Crippen LogP contribution in [0.1, 0.15) is 18.4 Å². The molecule has 1 fully saturated rings. The number of methoxy groups -OCH3 is 1. The number of aromatic hydroxyl groups is 1. The Morgan fingerprint density at radius 2 is 2.38 bits per heavy atom. The molecule has 2 rings (SSSR count). The van der Waals surface area contributed by atoms with E-state index in [1.807, 2.05) is 12.1 Å². The number of ether oxygens (including phenoxy) is 1. The summed E-state index contributed by atoms with van der Waals surface area (Å²) < 4.78 is 5.81. The van der Waals surface area contributed by atoms with E-state index in [1.54, 1.807) is 7.11 Å². The quantitative estimate of drug-likeness (QED) is 0.897. The van der Waals surface area contributed by atoms with Gasteiger partial charge in [0, 0.05) is 6.04 Å². The number of rotatable bonds is 3. The van der Waals surface area contributed by atoms with Gasteiger partial charge in [-0.05, 0) is 53.4 Å². The van der Waals surface area contributed by atoms with Crippen molar-refractivity contribution in [1.82, 2.24) is 5.32 Å². The molecule has 1 saturated heterocycles. The molecule has 0 spiro atoms. The maximum Gasteiger partial charge on any atom is 0.172 e. The normalized spacial score (nSPS) is 20.0. The second-order valence-electron chi connectivity index (χ2n) is 4.09. The van der Waals surface area contributed by atoms with Gasteiger partial charge in [0.1, 0.15) is 0 Å². The van der Waals surface area contributed by atoms with Crippen LogP contribution in [-0.4, -0.2) is 24.8 Å². The van der Waals surface area contributed by atoms with E-state index in [0.717, 1.165) is 23.0 Å². The van der Waals surface area contributed by atoms with Crippen LogP contribution >= 0.6 is 15.9 Å². The molecule has 1 aromatic rings. The number of hydrogen-bond acceptors (Lipinski definition) is 3. The number of halogens is 1. The molecule has 2 N–H and O–H groups in total. The van der Waals surface area contributed by atoms with Crippen molar-refractivity contribution >= 4 is 15.9 Å². The van der Waals surface area contributed by atoms with Crippen LogP contribution in [-0.2, 0) is 6.42 Å². The largest absolute Gasteiger partial charge is 0.503 e. The average molecular weight is 286 g/mol. The molecule has 1 unspecified atom stereocenters. The van der Waals surface area contributed by atoms with Gasteiger partial charge in [0.15, 0.2) is 11.5 Å². The minimum Gasteiger partial charge on any atom is -0.503 e. The smallest absolute Gasteiger partial charge is 0.172 e. The Morgan fingerprint density at radius 1 is 1.56 bits per heavy atom. The minimum atomic E-state index is 0.193. The van der Waals surface area contributed by atoms with Gasteiger partial charge in [-0.15, -0.1) is 0 Å². The molecule has 4 heteroatoms. The molecule has 0 amide bonds. The number of benzene rings is 1. The van der Waals surface area contributed by atoms with Gasteiger partial charge in [0.05, 0.1) is 11.6 Å². The van der Waals surface area contributed by atoms with E-state index in [9.17, 15) is 5.11 Å². The molecule has 0 saturated carbocycles. The lowest BCUT2D eigenvalue weighted by Crippen LogP contribution is -2.23. The van der Waals surface area contributed by atoms with Crippen LogP contribution in [0.25, 0.3) is 0 Å². The van der Waals surface area contributed by atoms with Gasteiger partial charge in [-0.1, -0.05) is 6.07 Å². The van der Waals surface area contributed by atoms with E-state index in [1.165, 1.54) is 12.8 Å². The first kappa shape index (κ1) is 11.7. The van der Waals surface area contributed by atoms with Crippen molar-refractivity contribution in [3.63, 3.8) is 0 Å². The molecule has 1 aromatic carbocycles. The summed E-state index contributed by atoms with van der Waals surface area (Å²) >= 11 is 3.42. The Morgan fingerprint density at radius 3 is 3.00 bits per heavy atom. The molecule has 0 bridgehead atoms. The fourth-order valence-corrected chi connectivity index (χ4v) is 2.60. The van der Waals surface area contributed by atoms with Crippen LogP contribution in [0.15, 0.2) is 16.6 Å². The Balaban J connectivity index is 2.18. The van der Waals surface area contributed by atoms with Crippen LogP contribution in [0.4, 0.5) is 0 Å². The van der Waals surface area contributed by atoms with Gasteiger partial charge in [0.2, 0.25) is 0 Å². The highest BCUT2D eigenvalue weighted by Crippen LogP contribution is 2.37. The van der Waals surface area contributed by atoms with Crippen LogP contribution in [0.3, 0.4) is 0 Å². The predicted octanol–water partition coefficient (Wildman–Crippen LogP) is 2.46. The standard InChI is InChI=1S/C12H16BrNO2/c1-16-10-5-4-8(11(13)12(10)15)7-9-3-2-6-14-9/h4-5,9,14-15H,2-3,6-7H2,1H3. The number of phenols is 1. The topological polar surface area (TPSA) is 41.5 Å². The Kier molecular flexibility index (Phi) is 3.71. The molecule has 0 aliphatic carbocycles. The first-order valence-corrected chi connectivity index (χ1v) is 6.29. The van der Waals surface area contributed by atoms with Crippen molar-refractivity contribution in [2.24, 2.45) is 0 Å². The lowest BCUT2D eigenvalue weighted by molar-refractivity contribution is 0.371. The third-order valence-corrected chi connectivity index (χ3v) is 3.89. The maximum atomic E-state index is 9.86. The number of phenolic OH excluding ortho intramolecular Hbond substituents is 1. The summed E-state index contributed by atoms with van der Waals surface area (Å²) in [4.78, 5) is 0. The summed E-state index contributed by atoms with van der Waals surface area (Å²) in [5.41, 5.74) is 1.12. The first-order chi connectivity index (χ1) is 7.72. The zero-order valence-corrected chi connectivity index (χ0v) is 10.9. The molecule has 1 aliphatic heterocycles. The van der Waals surface area contributed by atoms with Gasteiger partial charge in [-0.2, -0.15) is 0 Å². The van der Waals surface area contributed by atoms with Crippen molar-refractivity contribution in [1.29, 1.82) is 0 Å². The Labute approximate surface area is 104 Å². The average Bonchev–Trinajstić information content (AvgIpc) is 2.78. The molecule has 16 heavy (non-hydrogen) atoms. The first-order valence-electron chi connectivity index (χ1n) is 5.50. The summed E-state index contributed by atoms with van der Waals surface area (Å²) in [7, 11) is 1.56. The van der Waals surface area contributed by atoms with Crippen LogP contribution in [0.5, 0.6) is 11.5 Å². The van der Waals surface area contributed by atoms with Gasteiger partial charge < -0.3 is 15.2 Å². The van der Waals surface area contributed by atoms with Crippen molar-refractivity contribution in [3.05, 3.63) is 22.2 Å². The van der Waals surface area contributed by atoms with E-state index < -0.39 is 0 Å². The van der Waals surface area contributed by atoms with Crippen molar-refractivity contribution in [2.45, 2.75) is 25.3 Å². The molecule has 1 heterocycles. The van der Waals surface area contributed by atoms with Gasteiger partial charge >= 0.3 is 0 Å². The summed E-state index contributed by atoms with van der Waals surface area (Å²) in [6, 6.07) is 4.34. The zero-order chi connectivity index (χ0) is 11.5. The van der Waals surface area contributed by atoms with Gasteiger partial charge in [-0.25, -0.2) is 0 Å². The summed E-state index contributed by atoms with van der Waals surface area (Å²) in [5.74, 6) is 0.702. The SMILES string of the molecule is COc1ccc(CC2CCCN2)c(Br)c1O. The summed E-state index contributed by atoms with van der Waals surface area (Å²) in [6.07, 6.45) is 3.39. The summed E-state index contributed by atoms with van der Waals surface area (Å²) in [6.45, 7) is 1.10. The lowest BCUT2D eigenvalue weighted by atomic mass is 10.0. The van der Waals surface area contributed by atoms with Crippen molar-refractivity contribution in [2.75, 3.05) is 13.7 Å². The van der Waals surface area contributed by atoms with E-state index in [-0.39, 0.29) is 5.75 Å². The van der Waals surface area contributed by atoms with Crippen molar-refractivity contribution in [3.8, 4) is 11.5 Å². The molecular weight excluding hydrogens is 270 g/mol. The molecule has 1 atom stereocenters. The molecule has 0 aromatic heterocycles. The third kappa shape index (κ3) is 2.33. The number of hydrogen-bond donors (Lipinski definition) is 2. The lowest BCUT2D eigenvalue weighted by Gasteiger charge is -2.13. The van der Waals surface area contributed by atoms with Crippen molar-refractivity contribution < 1.29 is 9.84 Å². The second kappa shape index (κ2) is 5.06. The van der Waals surface area contributed by atoms with Crippen LogP contribution < -0.4 is 10.1 Å². The number of nitrogens with one attached hydrogen (secondary N) is 1. The van der Waals surface area contributed by atoms with E-state index in [4.69, 9.17) is 4.74 Å². The second-order valence-corrected chi connectivity index (χ2v) is 4.88. The fraction of sp³-hybridized carbons (Fsp3) is 0.500. The highest BCUT2D eigenvalue weighted by molar-refractivity contribution is 9.10.